The Balaban J connectivity index is 1.98. The number of hydrogen-bond acceptors (Lipinski definition) is 3. The van der Waals surface area contributed by atoms with E-state index in [-0.39, 0.29) is 22.0 Å². The molecule has 1 aromatic heterocycles. The van der Waals surface area contributed by atoms with Gasteiger partial charge in [-0.2, -0.15) is 23.5 Å². The minimum Gasteiger partial charge on any atom is -0.320 e. The fourth-order valence-corrected chi connectivity index (χ4v) is 3.37. The van der Waals surface area contributed by atoms with Crippen LogP contribution in [0.2, 0.25) is 10.2 Å². The molecule has 3 aromatic rings. The lowest BCUT2D eigenvalue weighted by molar-refractivity contribution is -0.137. The normalized spacial score (nSPS) is 11.9. The molecule has 3 rings (SSSR count). The monoisotopic (exact) mass is 478 g/mol. The van der Waals surface area contributed by atoms with Crippen molar-refractivity contribution in [1.82, 2.24) is 9.78 Å². The number of nitriles is 1. The van der Waals surface area contributed by atoms with Crippen molar-refractivity contribution < 1.29 is 18.0 Å². The van der Waals surface area contributed by atoms with Crippen molar-refractivity contribution >= 4 is 40.9 Å². The number of alkyl halides is 3. The first kappa shape index (κ1) is 23.4. The number of amides is 1. The predicted octanol–water partition coefficient (Wildman–Crippen LogP) is 6.36. The van der Waals surface area contributed by atoms with Crippen LogP contribution in [0.25, 0.3) is 11.8 Å². The second-order valence-corrected chi connectivity index (χ2v) is 7.62. The van der Waals surface area contributed by atoms with E-state index in [0.717, 1.165) is 22.4 Å². The van der Waals surface area contributed by atoms with Crippen LogP contribution in [0.5, 0.6) is 0 Å². The highest BCUT2D eigenvalue weighted by molar-refractivity contribution is 6.34. The number of halogens is 5. The van der Waals surface area contributed by atoms with Crippen LogP contribution in [0.15, 0.2) is 48.0 Å². The first-order chi connectivity index (χ1) is 15.0. The maximum atomic E-state index is 13.0. The molecular weight excluding hydrogens is 464 g/mol. The third-order valence-corrected chi connectivity index (χ3v) is 5.18. The fraction of sp³-hybridized carbons (Fsp3) is 0.136. The maximum Gasteiger partial charge on any atom is 0.416 e. The summed E-state index contributed by atoms with van der Waals surface area (Å²) >= 11 is 12.4. The molecule has 32 heavy (non-hydrogen) atoms. The van der Waals surface area contributed by atoms with Crippen molar-refractivity contribution in [3.05, 3.63) is 80.6 Å². The number of carbonyl (C=O) groups is 1. The number of rotatable bonds is 4. The molecule has 0 bridgehead atoms. The van der Waals surface area contributed by atoms with E-state index in [4.69, 9.17) is 23.2 Å². The summed E-state index contributed by atoms with van der Waals surface area (Å²) in [7, 11) is 0. The highest BCUT2D eigenvalue weighted by Gasteiger charge is 2.31. The van der Waals surface area contributed by atoms with Crippen molar-refractivity contribution in [2.75, 3.05) is 5.32 Å². The van der Waals surface area contributed by atoms with E-state index < -0.39 is 17.6 Å². The van der Waals surface area contributed by atoms with Gasteiger partial charge in [0.15, 0.2) is 0 Å². The average molecular weight is 479 g/mol. The Bertz CT molecular complexity index is 1270. The fourth-order valence-electron chi connectivity index (χ4n) is 2.88. The Labute approximate surface area is 191 Å². The van der Waals surface area contributed by atoms with Crippen LogP contribution < -0.4 is 5.32 Å². The van der Waals surface area contributed by atoms with E-state index in [2.05, 4.69) is 10.4 Å². The Morgan fingerprint density at radius 3 is 2.56 bits per heavy atom. The summed E-state index contributed by atoms with van der Waals surface area (Å²) in [6.07, 6.45) is -3.30. The predicted molar refractivity (Wildman–Crippen MR) is 117 cm³/mol. The van der Waals surface area contributed by atoms with Gasteiger partial charge < -0.3 is 5.32 Å². The smallest absolute Gasteiger partial charge is 0.320 e. The summed E-state index contributed by atoms with van der Waals surface area (Å²) in [5, 5.41) is 16.5. The van der Waals surface area contributed by atoms with Gasteiger partial charge in [0.2, 0.25) is 0 Å². The second kappa shape index (κ2) is 9.07. The molecule has 164 valence electrons. The molecule has 0 aliphatic carbocycles. The van der Waals surface area contributed by atoms with E-state index in [1.54, 1.807) is 31.2 Å². The van der Waals surface area contributed by atoms with Crippen molar-refractivity contribution in [2.24, 2.45) is 0 Å². The van der Waals surface area contributed by atoms with Crippen LogP contribution in [-0.2, 0) is 11.0 Å². The Morgan fingerprint density at radius 2 is 1.91 bits per heavy atom. The summed E-state index contributed by atoms with van der Waals surface area (Å²) in [6, 6.07) is 11.3. The highest BCUT2D eigenvalue weighted by atomic mass is 35.5. The van der Waals surface area contributed by atoms with Gasteiger partial charge in [-0.3, -0.25) is 4.79 Å². The topological polar surface area (TPSA) is 70.7 Å². The number of carbonyl (C=O) groups excluding carboxylic acids is 1. The Hall–Kier alpha value is -3.28. The molecule has 1 N–H and O–H groups in total. The average Bonchev–Trinajstić information content (AvgIpc) is 3.01. The lowest BCUT2D eigenvalue weighted by Gasteiger charge is -2.09. The molecule has 0 atom stereocenters. The van der Waals surface area contributed by atoms with E-state index in [1.807, 2.05) is 6.92 Å². The minimum absolute atomic E-state index is 0.0454. The Morgan fingerprint density at radius 1 is 1.19 bits per heavy atom. The van der Waals surface area contributed by atoms with Gasteiger partial charge >= 0.3 is 6.18 Å². The molecule has 1 amide bonds. The van der Waals surface area contributed by atoms with Gasteiger partial charge in [0, 0.05) is 5.56 Å². The number of hydrogen-bond donors (Lipinski definition) is 1. The first-order valence-electron chi connectivity index (χ1n) is 9.13. The number of aromatic nitrogens is 2. The number of benzene rings is 2. The van der Waals surface area contributed by atoms with Crippen LogP contribution in [0.1, 0.15) is 22.4 Å². The standard InChI is InChI=1S/C22H15Cl2F3N4O/c1-12-6-7-18(23)19(8-12)29-21(32)14(11-28)9-17-13(2)30-31(20(17)24)16-5-3-4-15(10-16)22(25,26)27/h3-10H,1-2H3,(H,29,32)/b14-9+. The van der Waals surface area contributed by atoms with Crippen LogP contribution >= 0.6 is 23.2 Å². The quantitative estimate of drug-likeness (QED) is 0.350. The van der Waals surface area contributed by atoms with Gasteiger partial charge in [0.1, 0.15) is 16.8 Å². The van der Waals surface area contributed by atoms with Crippen LogP contribution in [0.3, 0.4) is 0 Å². The third kappa shape index (κ3) is 4.96. The second-order valence-electron chi connectivity index (χ2n) is 6.86. The number of nitrogens with zero attached hydrogens (tertiary/aromatic N) is 3. The molecular formula is C22H15Cl2F3N4O. The Kier molecular flexibility index (Phi) is 6.63. The molecule has 0 unspecified atom stereocenters. The lowest BCUT2D eigenvalue weighted by atomic mass is 10.1. The van der Waals surface area contributed by atoms with Crippen LogP contribution in [-0.4, -0.2) is 15.7 Å². The summed E-state index contributed by atoms with van der Waals surface area (Å²) < 4.78 is 40.2. The number of aryl methyl sites for hydroxylation is 2. The highest BCUT2D eigenvalue weighted by Crippen LogP contribution is 2.32. The van der Waals surface area contributed by atoms with E-state index >= 15 is 0 Å². The molecule has 0 spiro atoms. The van der Waals surface area contributed by atoms with Crippen molar-refractivity contribution in [3.63, 3.8) is 0 Å². The SMILES string of the molecule is Cc1ccc(Cl)c(NC(=O)/C(C#N)=C/c2c(C)nn(-c3cccc(C(F)(F)F)c3)c2Cl)c1. The van der Waals surface area contributed by atoms with Crippen LogP contribution in [0.4, 0.5) is 18.9 Å². The van der Waals surface area contributed by atoms with Crippen molar-refractivity contribution in [1.29, 1.82) is 5.26 Å². The molecule has 0 radical (unpaired) electrons. The minimum atomic E-state index is -4.53. The number of nitrogens with one attached hydrogen (secondary N) is 1. The molecule has 0 aliphatic rings. The molecule has 0 fully saturated rings. The molecule has 0 aliphatic heterocycles. The summed E-state index contributed by atoms with van der Waals surface area (Å²) in [6.45, 7) is 3.38. The van der Waals surface area contributed by atoms with E-state index in [0.29, 0.717) is 16.4 Å². The van der Waals surface area contributed by atoms with Gasteiger partial charge in [0.05, 0.1) is 27.7 Å². The van der Waals surface area contributed by atoms with Crippen molar-refractivity contribution in [3.8, 4) is 11.8 Å². The molecule has 0 saturated heterocycles. The summed E-state index contributed by atoms with van der Waals surface area (Å²) in [4.78, 5) is 12.6. The summed E-state index contributed by atoms with van der Waals surface area (Å²) in [5.41, 5.74) is 0.683. The van der Waals surface area contributed by atoms with Crippen molar-refractivity contribution in [2.45, 2.75) is 20.0 Å². The van der Waals surface area contributed by atoms with Gasteiger partial charge in [-0.1, -0.05) is 35.3 Å². The van der Waals surface area contributed by atoms with E-state index in [1.165, 1.54) is 18.2 Å². The molecule has 5 nitrogen and oxygen atoms in total. The van der Waals surface area contributed by atoms with Gasteiger partial charge in [-0.05, 0) is 55.8 Å². The maximum absolute atomic E-state index is 13.0. The van der Waals surface area contributed by atoms with E-state index in [9.17, 15) is 23.2 Å². The van der Waals surface area contributed by atoms with Gasteiger partial charge in [0.25, 0.3) is 5.91 Å². The molecule has 1 heterocycles. The molecule has 2 aromatic carbocycles. The zero-order valence-electron chi connectivity index (χ0n) is 16.8. The third-order valence-electron chi connectivity index (χ3n) is 4.49. The van der Waals surface area contributed by atoms with Gasteiger partial charge in [-0.15, -0.1) is 0 Å². The zero-order chi connectivity index (χ0) is 23.6. The summed E-state index contributed by atoms with van der Waals surface area (Å²) in [5.74, 6) is -0.720. The first-order valence-corrected chi connectivity index (χ1v) is 9.89. The zero-order valence-corrected chi connectivity index (χ0v) is 18.3. The molecule has 10 heteroatoms. The number of anilines is 1. The van der Waals surface area contributed by atoms with Crippen LogP contribution in [0, 0.1) is 25.2 Å². The van der Waals surface area contributed by atoms with Gasteiger partial charge in [-0.25, -0.2) is 4.68 Å². The lowest BCUT2D eigenvalue weighted by Crippen LogP contribution is -2.14. The molecule has 0 saturated carbocycles. The largest absolute Gasteiger partial charge is 0.416 e.